The number of ether oxygens (including phenoxy) is 2. The number of hydrogen-bond donors (Lipinski definition) is 0. The minimum atomic E-state index is -0.577. The molecule has 6 nitrogen and oxygen atoms in total. The number of carbonyl (C=O) groups excluding carboxylic acids is 2. The number of aromatic nitrogens is 2. The van der Waals surface area contributed by atoms with E-state index in [4.69, 9.17) is 21.1 Å². The van der Waals surface area contributed by atoms with Gasteiger partial charge in [-0.1, -0.05) is 41.9 Å². The first-order valence-electron chi connectivity index (χ1n) is 9.02. The molecule has 0 saturated carbocycles. The number of methoxy groups -OCH3 is 1. The molecule has 0 spiro atoms. The molecule has 3 aromatic rings. The smallest absolute Gasteiger partial charge is 0.342 e. The van der Waals surface area contributed by atoms with Crippen molar-refractivity contribution in [3.05, 3.63) is 81.6 Å². The van der Waals surface area contributed by atoms with Crippen molar-refractivity contribution in [2.45, 2.75) is 20.4 Å². The van der Waals surface area contributed by atoms with Crippen molar-refractivity contribution >= 4 is 23.4 Å². The molecule has 3 rings (SSSR count). The second kappa shape index (κ2) is 8.92. The lowest BCUT2D eigenvalue weighted by Gasteiger charge is -2.08. The molecule has 29 heavy (non-hydrogen) atoms. The number of aryl methyl sites for hydroxylation is 1. The van der Waals surface area contributed by atoms with Crippen LogP contribution < -0.4 is 4.74 Å². The Morgan fingerprint density at radius 1 is 1.10 bits per heavy atom. The quantitative estimate of drug-likeness (QED) is 0.428. The first-order chi connectivity index (χ1) is 13.9. The van der Waals surface area contributed by atoms with E-state index in [9.17, 15) is 9.59 Å². The maximum Gasteiger partial charge on any atom is 0.342 e. The number of carbonyl (C=O) groups is 2. The Hall–Kier alpha value is -3.12. The summed E-state index contributed by atoms with van der Waals surface area (Å²) in [5, 5.41) is 4.76. The van der Waals surface area contributed by atoms with Crippen molar-refractivity contribution in [3.8, 4) is 5.75 Å². The third-order valence-electron chi connectivity index (χ3n) is 4.57. The van der Waals surface area contributed by atoms with Crippen LogP contribution in [0.5, 0.6) is 5.75 Å². The second-order valence-corrected chi connectivity index (χ2v) is 6.94. The highest BCUT2D eigenvalue weighted by molar-refractivity contribution is 6.32. The van der Waals surface area contributed by atoms with Gasteiger partial charge in [0.15, 0.2) is 12.4 Å². The van der Waals surface area contributed by atoms with E-state index in [-0.39, 0.29) is 12.4 Å². The summed E-state index contributed by atoms with van der Waals surface area (Å²) >= 11 is 6.05. The van der Waals surface area contributed by atoms with E-state index in [1.165, 1.54) is 13.2 Å². The Balaban J connectivity index is 1.69. The van der Waals surface area contributed by atoms with Gasteiger partial charge >= 0.3 is 5.97 Å². The predicted octanol–water partition coefficient (Wildman–Crippen LogP) is 4.25. The van der Waals surface area contributed by atoms with Gasteiger partial charge in [-0.05, 0) is 37.6 Å². The normalized spacial score (nSPS) is 10.6. The molecule has 0 unspecified atom stereocenters. The summed E-state index contributed by atoms with van der Waals surface area (Å²) in [6.07, 6.45) is 0. The molecule has 1 aromatic heterocycles. The van der Waals surface area contributed by atoms with Gasteiger partial charge in [-0.25, -0.2) is 4.79 Å². The molecular formula is C22H21ClN2O4. The topological polar surface area (TPSA) is 70.4 Å². The number of nitrogens with zero attached hydrogens (tertiary/aromatic N) is 2. The monoisotopic (exact) mass is 412 g/mol. The van der Waals surface area contributed by atoms with Crippen LogP contribution in [0.4, 0.5) is 0 Å². The van der Waals surface area contributed by atoms with Gasteiger partial charge in [0.05, 0.1) is 30.1 Å². The van der Waals surface area contributed by atoms with Gasteiger partial charge in [-0.15, -0.1) is 0 Å². The molecule has 7 heteroatoms. The minimum absolute atomic E-state index is 0.318. The maximum atomic E-state index is 12.6. The molecule has 0 radical (unpaired) electrons. The van der Waals surface area contributed by atoms with Crippen LogP contribution in [0.2, 0.25) is 5.02 Å². The maximum absolute atomic E-state index is 12.6. The minimum Gasteiger partial charge on any atom is -0.495 e. The summed E-state index contributed by atoms with van der Waals surface area (Å²) < 4.78 is 12.1. The summed E-state index contributed by atoms with van der Waals surface area (Å²) in [5.74, 6) is -0.459. The van der Waals surface area contributed by atoms with Crippen LogP contribution in [0.1, 0.15) is 37.7 Å². The SMILES string of the molecule is COc1ccc(C(=O)COC(=O)c2c(C)nn(Cc3ccccc3)c2C)cc1Cl. The summed E-state index contributed by atoms with van der Waals surface area (Å²) in [7, 11) is 1.49. The predicted molar refractivity (Wildman–Crippen MR) is 110 cm³/mol. The van der Waals surface area contributed by atoms with Crippen LogP contribution in [0.15, 0.2) is 48.5 Å². The first-order valence-corrected chi connectivity index (χ1v) is 9.40. The highest BCUT2D eigenvalue weighted by atomic mass is 35.5. The van der Waals surface area contributed by atoms with Crippen LogP contribution >= 0.6 is 11.6 Å². The van der Waals surface area contributed by atoms with E-state index in [0.717, 1.165) is 5.56 Å². The van der Waals surface area contributed by atoms with Gasteiger partial charge in [-0.3, -0.25) is 9.48 Å². The number of rotatable bonds is 7. The van der Waals surface area contributed by atoms with Gasteiger partial charge < -0.3 is 9.47 Å². The van der Waals surface area contributed by atoms with Crippen molar-refractivity contribution in [2.24, 2.45) is 0 Å². The number of benzene rings is 2. The van der Waals surface area contributed by atoms with Crippen molar-refractivity contribution in [2.75, 3.05) is 13.7 Å². The molecule has 0 bridgehead atoms. The fourth-order valence-electron chi connectivity index (χ4n) is 3.03. The number of Topliss-reactive ketones (excluding diaryl/α,β-unsaturated/α-hetero) is 1. The number of ketones is 1. The fourth-order valence-corrected chi connectivity index (χ4v) is 3.29. The molecule has 0 aliphatic rings. The molecule has 0 fully saturated rings. The Morgan fingerprint density at radius 3 is 2.48 bits per heavy atom. The summed E-state index contributed by atoms with van der Waals surface area (Å²) in [5.41, 5.74) is 3.04. The van der Waals surface area contributed by atoms with Crippen LogP contribution in [0, 0.1) is 13.8 Å². The van der Waals surface area contributed by atoms with E-state index >= 15 is 0 Å². The fraction of sp³-hybridized carbons (Fsp3) is 0.227. The van der Waals surface area contributed by atoms with Gasteiger partial charge in [-0.2, -0.15) is 5.10 Å². The van der Waals surface area contributed by atoms with E-state index in [1.807, 2.05) is 37.3 Å². The van der Waals surface area contributed by atoms with Crippen molar-refractivity contribution in [3.63, 3.8) is 0 Å². The molecule has 0 saturated heterocycles. The van der Waals surface area contributed by atoms with Gasteiger partial charge in [0.25, 0.3) is 0 Å². The largest absolute Gasteiger partial charge is 0.495 e. The average Bonchev–Trinajstić information content (AvgIpc) is 2.99. The zero-order valence-electron chi connectivity index (χ0n) is 16.4. The van der Waals surface area contributed by atoms with Crippen molar-refractivity contribution in [1.29, 1.82) is 0 Å². The van der Waals surface area contributed by atoms with E-state index in [1.54, 1.807) is 23.7 Å². The molecule has 0 atom stereocenters. The first kappa shape index (κ1) is 20.6. The zero-order valence-corrected chi connectivity index (χ0v) is 17.2. The summed E-state index contributed by atoms with van der Waals surface area (Å²) in [6.45, 7) is 3.72. The Kier molecular flexibility index (Phi) is 6.34. The zero-order chi connectivity index (χ0) is 21.0. The van der Waals surface area contributed by atoms with Crippen LogP contribution in [0.3, 0.4) is 0 Å². The number of halogens is 1. The molecule has 2 aromatic carbocycles. The number of hydrogen-bond acceptors (Lipinski definition) is 5. The van der Waals surface area contributed by atoms with E-state index in [2.05, 4.69) is 5.10 Å². The van der Waals surface area contributed by atoms with Crippen molar-refractivity contribution < 1.29 is 19.1 Å². The third kappa shape index (κ3) is 4.66. The highest BCUT2D eigenvalue weighted by Crippen LogP contribution is 2.25. The highest BCUT2D eigenvalue weighted by Gasteiger charge is 2.21. The average molecular weight is 413 g/mol. The summed E-state index contributed by atoms with van der Waals surface area (Å²) in [4.78, 5) is 24.9. The van der Waals surface area contributed by atoms with Gasteiger partial charge in [0, 0.05) is 5.56 Å². The third-order valence-corrected chi connectivity index (χ3v) is 4.86. The molecule has 0 N–H and O–H groups in total. The number of esters is 1. The standard InChI is InChI=1S/C22H21ClN2O4/c1-14-21(15(2)25(24-14)12-16-7-5-4-6-8-16)22(27)29-13-19(26)17-9-10-20(28-3)18(23)11-17/h4-11H,12-13H2,1-3H3. The molecular weight excluding hydrogens is 392 g/mol. The lowest BCUT2D eigenvalue weighted by molar-refractivity contribution is 0.0473. The summed E-state index contributed by atoms with van der Waals surface area (Å²) in [6, 6.07) is 14.5. The Labute approximate surface area is 174 Å². The Morgan fingerprint density at radius 2 is 1.83 bits per heavy atom. The molecule has 0 aliphatic carbocycles. The van der Waals surface area contributed by atoms with Crippen LogP contribution in [-0.2, 0) is 11.3 Å². The lowest BCUT2D eigenvalue weighted by atomic mass is 10.1. The van der Waals surface area contributed by atoms with E-state index in [0.29, 0.717) is 39.8 Å². The van der Waals surface area contributed by atoms with Crippen LogP contribution in [0.25, 0.3) is 0 Å². The van der Waals surface area contributed by atoms with E-state index < -0.39 is 5.97 Å². The molecule has 150 valence electrons. The second-order valence-electron chi connectivity index (χ2n) is 6.54. The molecule has 0 amide bonds. The Bertz CT molecular complexity index is 1040. The van der Waals surface area contributed by atoms with Gasteiger partial charge in [0.1, 0.15) is 11.3 Å². The molecule has 0 aliphatic heterocycles. The van der Waals surface area contributed by atoms with Crippen LogP contribution in [-0.4, -0.2) is 35.2 Å². The van der Waals surface area contributed by atoms with Gasteiger partial charge in [0.2, 0.25) is 0 Å². The van der Waals surface area contributed by atoms with Crippen molar-refractivity contribution in [1.82, 2.24) is 9.78 Å². The lowest BCUT2D eigenvalue weighted by Crippen LogP contribution is -2.15. The molecule has 1 heterocycles.